The molecule has 2 atom stereocenters. The summed E-state index contributed by atoms with van der Waals surface area (Å²) >= 11 is 0. The molecule has 0 bridgehead atoms. The topological polar surface area (TPSA) is 0 Å². The number of unbranched alkanes of at least 4 members (excludes halogenated alkanes) is 4. The first-order valence-corrected chi connectivity index (χ1v) is 9.70. The van der Waals surface area contributed by atoms with Crippen molar-refractivity contribution in [2.45, 2.75) is 118 Å². The van der Waals surface area contributed by atoms with Crippen LogP contribution in [0.5, 0.6) is 0 Å². The molecule has 0 saturated carbocycles. The first-order valence-electron chi connectivity index (χ1n) is 9.70. The Labute approximate surface area is 130 Å². The molecule has 0 amide bonds. The maximum absolute atomic E-state index is 2.44. The summed E-state index contributed by atoms with van der Waals surface area (Å²) in [6, 6.07) is 0. The zero-order valence-electron chi connectivity index (χ0n) is 15.3. The van der Waals surface area contributed by atoms with Crippen LogP contribution in [0.4, 0.5) is 0 Å². The Morgan fingerprint density at radius 2 is 1.20 bits per heavy atom. The van der Waals surface area contributed by atoms with Crippen molar-refractivity contribution in [3.05, 3.63) is 0 Å². The summed E-state index contributed by atoms with van der Waals surface area (Å²) in [5.74, 6) is 0.978. The second kappa shape index (κ2) is 12.7. The Hall–Kier alpha value is 0. The summed E-state index contributed by atoms with van der Waals surface area (Å²) in [5.41, 5.74) is 0.670. The summed E-state index contributed by atoms with van der Waals surface area (Å²) in [6.45, 7) is 11.9. The van der Waals surface area contributed by atoms with Gasteiger partial charge >= 0.3 is 0 Å². The van der Waals surface area contributed by atoms with E-state index in [1.165, 1.54) is 83.5 Å². The second-order valence-electron chi connectivity index (χ2n) is 6.92. The van der Waals surface area contributed by atoms with Crippen molar-refractivity contribution < 1.29 is 0 Å². The summed E-state index contributed by atoms with van der Waals surface area (Å²) in [5, 5.41) is 0. The third-order valence-corrected chi connectivity index (χ3v) is 5.32. The van der Waals surface area contributed by atoms with E-state index < -0.39 is 0 Å². The standard InChI is InChI=1S/C20H42/c1-6-11-14-18-20(16-9-4,17-13-8-3)19(10-5)15-12-7-2/h19H,6-18H2,1-5H3. The van der Waals surface area contributed by atoms with E-state index in [4.69, 9.17) is 0 Å². The lowest BCUT2D eigenvalue weighted by atomic mass is 9.63. The van der Waals surface area contributed by atoms with E-state index in [0.717, 1.165) is 5.92 Å². The van der Waals surface area contributed by atoms with E-state index in [-0.39, 0.29) is 0 Å². The van der Waals surface area contributed by atoms with Crippen molar-refractivity contribution in [2.24, 2.45) is 11.3 Å². The average molecular weight is 283 g/mol. The average Bonchev–Trinajstić information content (AvgIpc) is 2.46. The Morgan fingerprint density at radius 3 is 1.70 bits per heavy atom. The molecular formula is C20H42. The summed E-state index contributed by atoms with van der Waals surface area (Å²) in [6.07, 6.45) is 18.6. The van der Waals surface area contributed by atoms with Crippen LogP contribution in [0.2, 0.25) is 0 Å². The monoisotopic (exact) mass is 282 g/mol. The number of rotatable bonds is 14. The molecule has 122 valence electrons. The third-order valence-electron chi connectivity index (χ3n) is 5.32. The van der Waals surface area contributed by atoms with Gasteiger partial charge in [0.05, 0.1) is 0 Å². The predicted molar refractivity (Wildman–Crippen MR) is 94.3 cm³/mol. The van der Waals surface area contributed by atoms with Gasteiger partial charge in [-0.3, -0.25) is 0 Å². The van der Waals surface area contributed by atoms with E-state index in [1.807, 2.05) is 0 Å². The summed E-state index contributed by atoms with van der Waals surface area (Å²) < 4.78 is 0. The van der Waals surface area contributed by atoms with Gasteiger partial charge in [-0.25, -0.2) is 0 Å². The lowest BCUT2D eigenvalue weighted by Gasteiger charge is -2.42. The van der Waals surface area contributed by atoms with E-state index in [9.17, 15) is 0 Å². The van der Waals surface area contributed by atoms with Gasteiger partial charge in [-0.2, -0.15) is 0 Å². The van der Waals surface area contributed by atoms with Crippen LogP contribution < -0.4 is 0 Å². The molecule has 0 heterocycles. The smallest absolute Gasteiger partial charge is 0.0269 e. The minimum atomic E-state index is 0.670. The Bertz CT molecular complexity index is 196. The van der Waals surface area contributed by atoms with Crippen molar-refractivity contribution in [3.63, 3.8) is 0 Å². The van der Waals surface area contributed by atoms with Crippen molar-refractivity contribution >= 4 is 0 Å². The van der Waals surface area contributed by atoms with Crippen molar-refractivity contribution in [1.82, 2.24) is 0 Å². The van der Waals surface area contributed by atoms with Crippen LogP contribution in [0, 0.1) is 11.3 Å². The van der Waals surface area contributed by atoms with Gasteiger partial charge in [-0.1, -0.05) is 92.4 Å². The Kier molecular flexibility index (Phi) is 12.7. The normalized spacial score (nSPS) is 16.1. The van der Waals surface area contributed by atoms with Gasteiger partial charge in [0.1, 0.15) is 0 Å². The highest BCUT2D eigenvalue weighted by Crippen LogP contribution is 2.46. The largest absolute Gasteiger partial charge is 0.0654 e. The fraction of sp³-hybridized carbons (Fsp3) is 1.00. The second-order valence-corrected chi connectivity index (χ2v) is 6.92. The van der Waals surface area contributed by atoms with Gasteiger partial charge in [0.2, 0.25) is 0 Å². The van der Waals surface area contributed by atoms with Gasteiger partial charge in [0.15, 0.2) is 0 Å². The Morgan fingerprint density at radius 1 is 0.600 bits per heavy atom. The minimum Gasteiger partial charge on any atom is -0.0654 e. The van der Waals surface area contributed by atoms with Crippen LogP contribution in [0.25, 0.3) is 0 Å². The molecule has 0 N–H and O–H groups in total. The zero-order valence-corrected chi connectivity index (χ0v) is 15.3. The van der Waals surface area contributed by atoms with E-state index in [0.29, 0.717) is 5.41 Å². The van der Waals surface area contributed by atoms with E-state index in [2.05, 4.69) is 34.6 Å². The third kappa shape index (κ3) is 7.14. The van der Waals surface area contributed by atoms with E-state index >= 15 is 0 Å². The van der Waals surface area contributed by atoms with Crippen molar-refractivity contribution in [1.29, 1.82) is 0 Å². The highest BCUT2D eigenvalue weighted by atomic mass is 14.4. The van der Waals surface area contributed by atoms with Crippen molar-refractivity contribution in [3.8, 4) is 0 Å². The molecule has 20 heavy (non-hydrogen) atoms. The molecule has 0 radical (unpaired) electrons. The predicted octanol–water partition coefficient (Wildman–Crippen LogP) is 7.76. The molecule has 0 aromatic rings. The van der Waals surface area contributed by atoms with E-state index in [1.54, 1.807) is 0 Å². The van der Waals surface area contributed by atoms with Crippen LogP contribution in [-0.4, -0.2) is 0 Å². The first-order chi connectivity index (χ1) is 9.70. The zero-order chi connectivity index (χ0) is 15.3. The van der Waals surface area contributed by atoms with Crippen LogP contribution in [-0.2, 0) is 0 Å². The summed E-state index contributed by atoms with van der Waals surface area (Å²) in [4.78, 5) is 0. The SMILES string of the molecule is CCCCCC(CCC)(CCCC)C(CC)CCCC. The molecule has 0 spiro atoms. The molecule has 2 unspecified atom stereocenters. The first kappa shape index (κ1) is 20.0. The quantitative estimate of drug-likeness (QED) is 0.285. The van der Waals surface area contributed by atoms with Crippen molar-refractivity contribution in [2.75, 3.05) is 0 Å². The number of hydrogen-bond acceptors (Lipinski definition) is 0. The van der Waals surface area contributed by atoms with Crippen LogP contribution in [0.1, 0.15) is 118 Å². The van der Waals surface area contributed by atoms with Gasteiger partial charge in [0, 0.05) is 0 Å². The molecule has 0 aliphatic heterocycles. The minimum absolute atomic E-state index is 0.670. The molecule has 0 aliphatic rings. The molecule has 0 heteroatoms. The molecule has 0 aliphatic carbocycles. The van der Waals surface area contributed by atoms with Crippen LogP contribution in [0.15, 0.2) is 0 Å². The fourth-order valence-corrected chi connectivity index (χ4v) is 4.14. The molecule has 0 fully saturated rings. The van der Waals surface area contributed by atoms with Crippen LogP contribution in [0.3, 0.4) is 0 Å². The highest BCUT2D eigenvalue weighted by Gasteiger charge is 2.35. The maximum Gasteiger partial charge on any atom is -0.0269 e. The maximum atomic E-state index is 2.44. The lowest BCUT2D eigenvalue weighted by Crippen LogP contribution is -2.31. The highest BCUT2D eigenvalue weighted by molar-refractivity contribution is 4.86. The molecular weight excluding hydrogens is 240 g/mol. The molecule has 0 saturated heterocycles. The fourth-order valence-electron chi connectivity index (χ4n) is 4.14. The van der Waals surface area contributed by atoms with Gasteiger partial charge in [-0.05, 0) is 37.0 Å². The molecule has 0 aromatic heterocycles. The molecule has 0 rings (SSSR count). The lowest BCUT2D eigenvalue weighted by molar-refractivity contribution is 0.0911. The molecule has 0 aromatic carbocycles. The van der Waals surface area contributed by atoms with Gasteiger partial charge in [-0.15, -0.1) is 0 Å². The number of hydrogen-bond donors (Lipinski definition) is 0. The van der Waals surface area contributed by atoms with Gasteiger partial charge < -0.3 is 0 Å². The molecule has 0 nitrogen and oxygen atoms in total. The van der Waals surface area contributed by atoms with Crippen LogP contribution >= 0.6 is 0 Å². The Balaban J connectivity index is 4.88. The van der Waals surface area contributed by atoms with Gasteiger partial charge in [0.25, 0.3) is 0 Å². The summed E-state index contributed by atoms with van der Waals surface area (Å²) in [7, 11) is 0.